The molecule has 2 N–H and O–H groups in total. The summed E-state index contributed by atoms with van der Waals surface area (Å²) in [4.78, 5) is 11.0. The van der Waals surface area contributed by atoms with Crippen molar-refractivity contribution >= 4 is 27.5 Å². The molecule has 0 aromatic heterocycles. The van der Waals surface area contributed by atoms with E-state index in [4.69, 9.17) is 11.6 Å². The van der Waals surface area contributed by atoms with Crippen LogP contribution in [0.3, 0.4) is 0 Å². The van der Waals surface area contributed by atoms with Crippen LogP contribution in [-0.2, 0) is 14.8 Å². The van der Waals surface area contributed by atoms with E-state index in [2.05, 4.69) is 4.72 Å². The van der Waals surface area contributed by atoms with Crippen molar-refractivity contribution < 1.29 is 26.4 Å². The first kappa shape index (κ1) is 17.7. The fourth-order valence-electron chi connectivity index (χ4n) is 1.30. The van der Waals surface area contributed by atoms with Gasteiger partial charge in [-0.2, -0.15) is 13.2 Å². The molecule has 0 atom stereocenters. The van der Waals surface area contributed by atoms with Crippen LogP contribution in [0.2, 0.25) is 5.02 Å². The Morgan fingerprint density at radius 3 is 2.52 bits per heavy atom. The van der Waals surface area contributed by atoms with E-state index in [9.17, 15) is 26.4 Å². The van der Waals surface area contributed by atoms with Gasteiger partial charge in [0.1, 0.15) is 6.54 Å². The van der Waals surface area contributed by atoms with E-state index in [1.165, 1.54) is 24.3 Å². The number of halogens is 4. The zero-order valence-electron chi connectivity index (χ0n) is 10.6. The van der Waals surface area contributed by atoms with E-state index in [1.807, 2.05) is 0 Å². The maximum atomic E-state index is 11.8. The summed E-state index contributed by atoms with van der Waals surface area (Å²) in [6.45, 7) is -1.77. The Morgan fingerprint density at radius 2 is 1.95 bits per heavy atom. The molecule has 5 nitrogen and oxygen atoms in total. The van der Waals surface area contributed by atoms with Gasteiger partial charge in [-0.15, -0.1) is 0 Å². The number of rotatable bonds is 6. The van der Waals surface area contributed by atoms with E-state index in [1.54, 1.807) is 5.32 Å². The molecule has 0 aliphatic heterocycles. The zero-order chi connectivity index (χ0) is 16.1. The lowest BCUT2D eigenvalue weighted by Crippen LogP contribution is -2.36. The maximum Gasteiger partial charge on any atom is 0.405 e. The lowest BCUT2D eigenvalue weighted by Gasteiger charge is -2.09. The second-order valence-electron chi connectivity index (χ2n) is 4.00. The van der Waals surface area contributed by atoms with Crippen LogP contribution in [0.4, 0.5) is 13.2 Å². The fraction of sp³-hybridized carbons (Fsp3) is 0.364. The molecule has 0 spiro atoms. The Bertz CT molecular complexity index is 605. The highest BCUT2D eigenvalue weighted by Gasteiger charge is 2.27. The maximum absolute atomic E-state index is 11.8. The molecule has 118 valence electrons. The average Bonchev–Trinajstić information content (AvgIpc) is 2.35. The third-order valence-corrected chi connectivity index (χ3v) is 3.93. The smallest absolute Gasteiger partial charge is 0.347 e. The second kappa shape index (κ2) is 7.10. The van der Waals surface area contributed by atoms with Crippen LogP contribution in [0.1, 0.15) is 6.42 Å². The summed E-state index contributed by atoms with van der Waals surface area (Å²) in [6.07, 6.45) is -4.91. The number of nitrogens with one attached hydrogen (secondary N) is 2. The van der Waals surface area contributed by atoms with Crippen molar-refractivity contribution in [3.8, 4) is 0 Å². The molecular weight excluding hydrogens is 333 g/mol. The molecule has 0 saturated heterocycles. The van der Waals surface area contributed by atoms with Gasteiger partial charge >= 0.3 is 6.18 Å². The van der Waals surface area contributed by atoms with Crippen LogP contribution in [0, 0.1) is 0 Å². The summed E-state index contributed by atoms with van der Waals surface area (Å²) in [5, 5.41) is 1.86. The summed E-state index contributed by atoms with van der Waals surface area (Å²) in [5.74, 6) is -0.902. The molecule has 10 heteroatoms. The van der Waals surface area contributed by atoms with Crippen LogP contribution < -0.4 is 10.0 Å². The van der Waals surface area contributed by atoms with Gasteiger partial charge in [0.25, 0.3) is 0 Å². The highest BCUT2D eigenvalue weighted by molar-refractivity contribution is 7.89. The number of carbonyl (C=O) groups is 1. The summed E-state index contributed by atoms with van der Waals surface area (Å²) < 4.78 is 61.2. The van der Waals surface area contributed by atoms with Crippen molar-refractivity contribution in [3.63, 3.8) is 0 Å². The Balaban J connectivity index is 2.46. The van der Waals surface area contributed by atoms with Gasteiger partial charge in [0.2, 0.25) is 15.9 Å². The third kappa shape index (κ3) is 6.78. The number of amides is 1. The minimum Gasteiger partial charge on any atom is -0.347 e. The van der Waals surface area contributed by atoms with Crippen molar-refractivity contribution in [2.45, 2.75) is 17.5 Å². The predicted molar refractivity (Wildman–Crippen MR) is 70.3 cm³/mol. The van der Waals surface area contributed by atoms with Crippen LogP contribution in [-0.4, -0.2) is 33.6 Å². The predicted octanol–water partition coefficient (Wildman–Crippen LogP) is 1.69. The molecule has 0 fully saturated rings. The number of hydrogen-bond donors (Lipinski definition) is 2. The lowest BCUT2D eigenvalue weighted by molar-refractivity contribution is -0.138. The Morgan fingerprint density at radius 1 is 1.29 bits per heavy atom. The van der Waals surface area contributed by atoms with Gasteiger partial charge in [-0.1, -0.05) is 17.7 Å². The second-order valence-corrected chi connectivity index (χ2v) is 6.20. The Labute approximate surface area is 124 Å². The first-order valence-corrected chi connectivity index (χ1v) is 7.55. The minimum atomic E-state index is -4.50. The van der Waals surface area contributed by atoms with Crippen molar-refractivity contribution in [3.05, 3.63) is 29.3 Å². The summed E-state index contributed by atoms with van der Waals surface area (Å²) in [5.41, 5.74) is 0. The van der Waals surface area contributed by atoms with E-state index < -0.39 is 35.1 Å². The molecule has 1 aromatic carbocycles. The highest BCUT2D eigenvalue weighted by Crippen LogP contribution is 2.15. The normalized spacial score (nSPS) is 12.2. The minimum absolute atomic E-state index is 0.0919. The van der Waals surface area contributed by atoms with Gasteiger partial charge in [-0.25, -0.2) is 13.1 Å². The van der Waals surface area contributed by atoms with E-state index in [0.717, 1.165) is 0 Å². The van der Waals surface area contributed by atoms with Crippen molar-refractivity contribution in [1.29, 1.82) is 0 Å². The number of carbonyl (C=O) groups excluding carboxylic acids is 1. The topological polar surface area (TPSA) is 75.3 Å². The molecule has 0 saturated carbocycles. The van der Waals surface area contributed by atoms with Gasteiger partial charge in [-0.05, 0) is 18.2 Å². The SMILES string of the molecule is O=C(CCNS(=O)(=O)c1cccc(Cl)c1)NCC(F)(F)F. The molecule has 1 aromatic rings. The molecule has 0 bridgehead atoms. The van der Waals surface area contributed by atoms with Gasteiger partial charge < -0.3 is 5.32 Å². The lowest BCUT2D eigenvalue weighted by atomic mass is 10.4. The third-order valence-electron chi connectivity index (χ3n) is 2.24. The molecule has 0 heterocycles. The number of benzene rings is 1. The van der Waals surface area contributed by atoms with E-state index >= 15 is 0 Å². The largest absolute Gasteiger partial charge is 0.405 e. The van der Waals surface area contributed by atoms with Crippen LogP contribution in [0.25, 0.3) is 0 Å². The molecule has 0 aliphatic carbocycles. The quantitative estimate of drug-likeness (QED) is 0.824. The molecular formula is C11H12ClF3N2O3S. The monoisotopic (exact) mass is 344 g/mol. The van der Waals surface area contributed by atoms with Crippen molar-refractivity contribution in [2.24, 2.45) is 0 Å². The Kier molecular flexibility index (Phi) is 5.99. The number of sulfonamides is 1. The number of alkyl halides is 3. The highest BCUT2D eigenvalue weighted by atomic mass is 35.5. The standard InChI is InChI=1S/C11H12ClF3N2O3S/c12-8-2-1-3-9(6-8)21(19,20)17-5-4-10(18)16-7-11(13,14)15/h1-3,6,17H,4-5,7H2,(H,16,18). The zero-order valence-corrected chi connectivity index (χ0v) is 12.1. The molecule has 1 rings (SSSR count). The summed E-state index contributed by atoms with van der Waals surface area (Å²) in [7, 11) is -3.86. The van der Waals surface area contributed by atoms with Crippen molar-refractivity contribution in [1.82, 2.24) is 10.0 Å². The van der Waals surface area contributed by atoms with E-state index in [0.29, 0.717) is 0 Å². The molecule has 0 unspecified atom stereocenters. The summed E-state index contributed by atoms with van der Waals surface area (Å²) >= 11 is 5.66. The van der Waals surface area contributed by atoms with Gasteiger partial charge in [0.05, 0.1) is 4.90 Å². The first-order valence-electron chi connectivity index (χ1n) is 5.69. The van der Waals surface area contributed by atoms with Crippen LogP contribution in [0.15, 0.2) is 29.2 Å². The fourth-order valence-corrected chi connectivity index (χ4v) is 2.64. The molecule has 1 amide bonds. The Hall–Kier alpha value is -1.32. The first-order chi connectivity index (χ1) is 9.60. The van der Waals surface area contributed by atoms with Crippen LogP contribution in [0.5, 0.6) is 0 Å². The summed E-state index contributed by atoms with van der Waals surface area (Å²) in [6, 6.07) is 5.45. The molecule has 0 aliphatic rings. The van der Waals surface area contributed by atoms with Gasteiger partial charge in [0.15, 0.2) is 0 Å². The van der Waals surface area contributed by atoms with Gasteiger partial charge in [0, 0.05) is 18.0 Å². The van der Waals surface area contributed by atoms with Crippen LogP contribution >= 0.6 is 11.6 Å². The number of hydrogen-bond acceptors (Lipinski definition) is 3. The molecule has 0 radical (unpaired) electrons. The molecule has 21 heavy (non-hydrogen) atoms. The van der Waals surface area contributed by atoms with E-state index in [-0.39, 0.29) is 16.5 Å². The van der Waals surface area contributed by atoms with Gasteiger partial charge in [-0.3, -0.25) is 4.79 Å². The van der Waals surface area contributed by atoms with Crippen molar-refractivity contribution in [2.75, 3.05) is 13.1 Å². The average molecular weight is 345 g/mol.